The molecule has 1 aromatic carbocycles. The predicted molar refractivity (Wildman–Crippen MR) is 111 cm³/mol. The molecule has 2 atom stereocenters. The van der Waals surface area contributed by atoms with E-state index in [1.165, 1.54) is 6.07 Å². The second-order valence-corrected chi connectivity index (χ2v) is 8.05. The summed E-state index contributed by atoms with van der Waals surface area (Å²) in [5, 5.41) is 19.5. The summed E-state index contributed by atoms with van der Waals surface area (Å²) in [6, 6.07) is 7.90. The molecular weight excluding hydrogens is 392 g/mol. The Balaban J connectivity index is 1.78. The summed E-state index contributed by atoms with van der Waals surface area (Å²) >= 11 is 1.73. The molecule has 3 rings (SSSR count). The van der Waals surface area contributed by atoms with E-state index in [4.69, 9.17) is 4.74 Å². The van der Waals surface area contributed by atoms with Crippen LogP contribution < -0.4 is 4.74 Å². The van der Waals surface area contributed by atoms with Gasteiger partial charge in [0.15, 0.2) is 6.29 Å². The first kappa shape index (κ1) is 21.1. The Bertz CT molecular complexity index is 874. The molecule has 7 nitrogen and oxygen atoms in total. The van der Waals surface area contributed by atoms with Crippen molar-refractivity contribution >= 4 is 24.0 Å². The number of aldehydes is 1. The van der Waals surface area contributed by atoms with Crippen LogP contribution in [-0.2, 0) is 6.42 Å². The summed E-state index contributed by atoms with van der Waals surface area (Å²) < 4.78 is 5.81. The number of rotatable bonds is 7. The SMILES string of the molecule is CC(O)Cc1ncccc1C(=O)N1CCSCC1COc1cccc(O)c1C=O. The van der Waals surface area contributed by atoms with Crippen molar-refractivity contribution in [2.45, 2.75) is 25.5 Å². The maximum Gasteiger partial charge on any atom is 0.256 e. The number of aromatic hydroxyl groups is 1. The van der Waals surface area contributed by atoms with E-state index in [0.29, 0.717) is 42.0 Å². The van der Waals surface area contributed by atoms with Gasteiger partial charge in [0, 0.05) is 30.7 Å². The number of nitrogens with zero attached hydrogens (tertiary/aromatic N) is 2. The van der Waals surface area contributed by atoms with Crippen LogP contribution in [0.1, 0.15) is 33.3 Å². The van der Waals surface area contributed by atoms with Gasteiger partial charge in [-0.1, -0.05) is 6.07 Å². The molecule has 1 aromatic heterocycles. The van der Waals surface area contributed by atoms with Crippen LogP contribution in [0.15, 0.2) is 36.5 Å². The molecule has 0 spiro atoms. The number of aliphatic hydroxyl groups is 1. The minimum absolute atomic E-state index is 0.0975. The zero-order valence-electron chi connectivity index (χ0n) is 16.2. The molecular formula is C21H24N2O5S. The van der Waals surface area contributed by atoms with Gasteiger partial charge in [-0.15, -0.1) is 0 Å². The van der Waals surface area contributed by atoms with E-state index >= 15 is 0 Å². The Kier molecular flexibility index (Phi) is 7.11. The highest BCUT2D eigenvalue weighted by Crippen LogP contribution is 2.27. The fourth-order valence-electron chi connectivity index (χ4n) is 3.25. The van der Waals surface area contributed by atoms with Crippen LogP contribution >= 0.6 is 11.8 Å². The summed E-state index contributed by atoms with van der Waals surface area (Å²) in [5.41, 5.74) is 1.15. The molecule has 2 aromatic rings. The fourth-order valence-corrected chi connectivity index (χ4v) is 4.29. The molecule has 1 saturated heterocycles. The number of aromatic nitrogens is 1. The number of carbonyl (C=O) groups excluding carboxylic acids is 2. The predicted octanol–water partition coefficient (Wildman–Crippen LogP) is 2.16. The maximum atomic E-state index is 13.2. The van der Waals surface area contributed by atoms with Crippen molar-refractivity contribution in [3.05, 3.63) is 53.3 Å². The van der Waals surface area contributed by atoms with Crippen LogP contribution in [-0.4, -0.2) is 69.1 Å². The van der Waals surface area contributed by atoms with Gasteiger partial charge in [0.05, 0.1) is 29.0 Å². The van der Waals surface area contributed by atoms with E-state index in [-0.39, 0.29) is 29.9 Å². The fraction of sp³-hybridized carbons (Fsp3) is 0.381. The number of amides is 1. The lowest BCUT2D eigenvalue weighted by molar-refractivity contribution is 0.0644. The van der Waals surface area contributed by atoms with Crippen molar-refractivity contribution < 1.29 is 24.5 Å². The van der Waals surface area contributed by atoms with Gasteiger partial charge in [-0.25, -0.2) is 0 Å². The lowest BCUT2D eigenvalue weighted by atomic mass is 10.1. The summed E-state index contributed by atoms with van der Waals surface area (Å²) in [4.78, 5) is 30.5. The molecule has 0 bridgehead atoms. The first-order valence-electron chi connectivity index (χ1n) is 9.42. The molecule has 1 fully saturated rings. The number of hydrogen-bond donors (Lipinski definition) is 2. The number of pyridine rings is 1. The molecule has 29 heavy (non-hydrogen) atoms. The van der Waals surface area contributed by atoms with E-state index in [2.05, 4.69) is 4.98 Å². The molecule has 0 radical (unpaired) electrons. The Morgan fingerprint density at radius 3 is 3.00 bits per heavy atom. The standard InChI is InChI=1S/C21H24N2O5S/c1-14(25)10-18-16(4-3-7-22-18)21(27)23-8-9-29-13-15(23)12-28-20-6-2-5-19(26)17(20)11-24/h2-7,11,14-15,25-26H,8-10,12-13H2,1H3. The molecule has 8 heteroatoms. The van der Waals surface area contributed by atoms with Gasteiger partial charge in [-0.2, -0.15) is 11.8 Å². The molecule has 2 unspecified atom stereocenters. The third-order valence-electron chi connectivity index (χ3n) is 4.69. The Hall–Kier alpha value is -2.58. The van der Waals surface area contributed by atoms with Crippen molar-refractivity contribution in [1.29, 1.82) is 0 Å². The van der Waals surface area contributed by atoms with E-state index in [9.17, 15) is 19.8 Å². The molecule has 1 amide bonds. The molecule has 2 heterocycles. The number of phenolic OH excluding ortho intramolecular Hbond substituents is 1. The monoisotopic (exact) mass is 416 g/mol. The molecule has 0 aliphatic carbocycles. The van der Waals surface area contributed by atoms with Crippen LogP contribution in [0.3, 0.4) is 0 Å². The van der Waals surface area contributed by atoms with Crippen LogP contribution in [0.5, 0.6) is 11.5 Å². The molecule has 154 valence electrons. The van der Waals surface area contributed by atoms with Gasteiger partial charge in [0.1, 0.15) is 18.1 Å². The van der Waals surface area contributed by atoms with E-state index in [1.807, 2.05) is 0 Å². The summed E-state index contributed by atoms with van der Waals surface area (Å²) in [6.07, 6.45) is 1.88. The Labute approximate surface area is 173 Å². The second kappa shape index (κ2) is 9.76. The van der Waals surface area contributed by atoms with Crippen LogP contribution in [0.2, 0.25) is 0 Å². The van der Waals surface area contributed by atoms with Crippen molar-refractivity contribution in [3.8, 4) is 11.5 Å². The Morgan fingerprint density at radius 1 is 1.41 bits per heavy atom. The largest absolute Gasteiger partial charge is 0.507 e. The summed E-state index contributed by atoms with van der Waals surface area (Å²) in [7, 11) is 0. The first-order chi connectivity index (χ1) is 14.0. The molecule has 1 aliphatic heterocycles. The van der Waals surface area contributed by atoms with Gasteiger partial charge in [-0.05, 0) is 31.2 Å². The highest BCUT2D eigenvalue weighted by atomic mass is 32.2. The topological polar surface area (TPSA) is 100.0 Å². The van der Waals surface area contributed by atoms with Crippen molar-refractivity contribution in [1.82, 2.24) is 9.88 Å². The van der Waals surface area contributed by atoms with Gasteiger partial charge in [-0.3, -0.25) is 14.6 Å². The highest BCUT2D eigenvalue weighted by Gasteiger charge is 2.30. The summed E-state index contributed by atoms with van der Waals surface area (Å²) in [6.45, 7) is 2.44. The number of phenols is 1. The average Bonchev–Trinajstić information content (AvgIpc) is 2.72. The number of benzene rings is 1. The van der Waals surface area contributed by atoms with Gasteiger partial charge in [0.25, 0.3) is 5.91 Å². The van der Waals surface area contributed by atoms with Crippen molar-refractivity contribution in [3.63, 3.8) is 0 Å². The molecule has 1 aliphatic rings. The van der Waals surface area contributed by atoms with Crippen LogP contribution in [0.25, 0.3) is 0 Å². The number of carbonyl (C=O) groups is 2. The van der Waals surface area contributed by atoms with E-state index in [1.54, 1.807) is 54.0 Å². The minimum atomic E-state index is -0.597. The summed E-state index contributed by atoms with van der Waals surface area (Å²) in [5.74, 6) is 1.53. The third-order valence-corrected chi connectivity index (χ3v) is 5.78. The molecule has 2 N–H and O–H groups in total. The van der Waals surface area contributed by atoms with Crippen LogP contribution in [0, 0.1) is 0 Å². The maximum absolute atomic E-state index is 13.2. The number of hydrogen-bond acceptors (Lipinski definition) is 7. The normalized spacial score (nSPS) is 17.6. The first-order valence-corrected chi connectivity index (χ1v) is 10.6. The van der Waals surface area contributed by atoms with E-state index < -0.39 is 6.10 Å². The van der Waals surface area contributed by atoms with Crippen LogP contribution in [0.4, 0.5) is 0 Å². The molecule has 0 saturated carbocycles. The number of ether oxygens (including phenoxy) is 1. The smallest absolute Gasteiger partial charge is 0.256 e. The highest BCUT2D eigenvalue weighted by molar-refractivity contribution is 7.99. The average molecular weight is 416 g/mol. The lowest BCUT2D eigenvalue weighted by Gasteiger charge is -2.35. The van der Waals surface area contributed by atoms with Crippen molar-refractivity contribution in [2.24, 2.45) is 0 Å². The third kappa shape index (κ3) is 5.07. The number of thioether (sulfide) groups is 1. The van der Waals surface area contributed by atoms with Gasteiger partial charge in [0.2, 0.25) is 0 Å². The zero-order chi connectivity index (χ0) is 20.8. The second-order valence-electron chi connectivity index (χ2n) is 6.90. The van der Waals surface area contributed by atoms with Gasteiger partial charge < -0.3 is 19.8 Å². The minimum Gasteiger partial charge on any atom is -0.507 e. The number of aliphatic hydroxyl groups excluding tert-OH is 1. The van der Waals surface area contributed by atoms with Gasteiger partial charge >= 0.3 is 0 Å². The lowest BCUT2D eigenvalue weighted by Crippen LogP contribution is -2.49. The quantitative estimate of drug-likeness (QED) is 0.667. The van der Waals surface area contributed by atoms with E-state index in [0.717, 1.165) is 5.75 Å². The van der Waals surface area contributed by atoms with Crippen molar-refractivity contribution in [2.75, 3.05) is 24.7 Å². The zero-order valence-corrected chi connectivity index (χ0v) is 17.0. The Morgan fingerprint density at radius 2 is 2.24 bits per heavy atom.